The van der Waals surface area contributed by atoms with E-state index in [1.165, 1.54) is 0 Å². The van der Waals surface area contributed by atoms with Gasteiger partial charge in [-0.1, -0.05) is 18.2 Å². The third kappa shape index (κ3) is 4.63. The van der Waals surface area contributed by atoms with Crippen LogP contribution in [-0.4, -0.2) is 56.3 Å². The summed E-state index contributed by atoms with van der Waals surface area (Å²) >= 11 is 0. The smallest absolute Gasteiger partial charge is 0.344 e. The molecule has 1 fully saturated rings. The van der Waals surface area contributed by atoms with E-state index in [1.807, 2.05) is 24.3 Å². The van der Waals surface area contributed by atoms with E-state index in [2.05, 4.69) is 10.2 Å². The number of carbonyl (C=O) groups is 1. The Morgan fingerprint density at radius 2 is 1.90 bits per heavy atom. The molecule has 2 aromatic carbocycles. The van der Waals surface area contributed by atoms with Crippen molar-refractivity contribution in [1.29, 1.82) is 0 Å². The molecule has 0 saturated carbocycles. The first-order chi connectivity index (χ1) is 14.6. The molecule has 1 aromatic heterocycles. The van der Waals surface area contributed by atoms with Gasteiger partial charge in [0.2, 0.25) is 0 Å². The maximum Gasteiger partial charge on any atom is 0.344 e. The van der Waals surface area contributed by atoms with E-state index < -0.39 is 6.10 Å². The molecule has 30 heavy (non-hydrogen) atoms. The number of carbonyl (C=O) groups excluding carboxylic acids is 1. The van der Waals surface area contributed by atoms with E-state index in [-0.39, 0.29) is 11.5 Å². The highest BCUT2D eigenvalue weighted by atomic mass is 16.5. The lowest BCUT2D eigenvalue weighted by Crippen LogP contribution is -2.40. The summed E-state index contributed by atoms with van der Waals surface area (Å²) in [7, 11) is 0. The number of ether oxygens (including phenoxy) is 2. The molecule has 1 saturated heterocycles. The van der Waals surface area contributed by atoms with E-state index in [0.29, 0.717) is 23.3 Å². The van der Waals surface area contributed by atoms with Gasteiger partial charge in [0.25, 0.3) is 5.91 Å². The standard InChI is InChI=1S/C23H26N2O5/c1-16(22(26)24-9-4-10-25-11-13-28-14-12-25)29-17-7-8-19-18-5-2-3-6-20(18)23(27)30-21(19)15-17/h2-3,5-8,15-16H,4,9-14H2,1H3,(H,24,26)/t16-/m1/s1. The normalized spacial score (nSPS) is 15.9. The molecule has 3 aromatic rings. The van der Waals surface area contributed by atoms with E-state index in [0.717, 1.165) is 50.0 Å². The van der Waals surface area contributed by atoms with Crippen molar-refractivity contribution in [3.63, 3.8) is 0 Å². The quantitative estimate of drug-likeness (QED) is 0.366. The van der Waals surface area contributed by atoms with Crippen molar-refractivity contribution in [2.45, 2.75) is 19.4 Å². The number of nitrogens with zero attached hydrogens (tertiary/aromatic N) is 1. The molecule has 4 rings (SSSR count). The van der Waals surface area contributed by atoms with Crippen LogP contribution in [-0.2, 0) is 9.53 Å². The van der Waals surface area contributed by atoms with E-state index in [4.69, 9.17) is 13.9 Å². The molecule has 1 N–H and O–H groups in total. The maximum absolute atomic E-state index is 12.3. The first kappa shape index (κ1) is 20.4. The first-order valence-corrected chi connectivity index (χ1v) is 10.3. The first-order valence-electron chi connectivity index (χ1n) is 10.3. The highest BCUT2D eigenvalue weighted by Gasteiger charge is 2.16. The third-order valence-electron chi connectivity index (χ3n) is 5.33. The second-order valence-electron chi connectivity index (χ2n) is 7.45. The second kappa shape index (κ2) is 9.28. The SMILES string of the molecule is C[C@@H](Oc1ccc2c(c1)oc(=O)c1ccccc12)C(=O)NCCCN1CCOCC1. The number of morpholine rings is 1. The van der Waals surface area contributed by atoms with Gasteiger partial charge in [0.05, 0.1) is 18.6 Å². The van der Waals surface area contributed by atoms with Crippen LogP contribution in [0.5, 0.6) is 5.75 Å². The van der Waals surface area contributed by atoms with Gasteiger partial charge in [-0.25, -0.2) is 4.79 Å². The van der Waals surface area contributed by atoms with Gasteiger partial charge in [-0.05, 0) is 43.5 Å². The molecular weight excluding hydrogens is 384 g/mol. The zero-order valence-corrected chi connectivity index (χ0v) is 17.1. The molecule has 1 aliphatic heterocycles. The van der Waals surface area contributed by atoms with Crippen LogP contribution >= 0.6 is 0 Å². The van der Waals surface area contributed by atoms with Crippen LogP contribution in [0.25, 0.3) is 21.7 Å². The van der Waals surface area contributed by atoms with Gasteiger partial charge in [0.15, 0.2) is 6.10 Å². The van der Waals surface area contributed by atoms with Crippen LogP contribution in [0.3, 0.4) is 0 Å². The molecular formula is C23H26N2O5. The highest BCUT2D eigenvalue weighted by Crippen LogP contribution is 2.26. The Kier molecular flexibility index (Phi) is 6.30. The Morgan fingerprint density at radius 3 is 2.70 bits per heavy atom. The number of fused-ring (bicyclic) bond motifs is 3. The molecule has 7 heteroatoms. The average Bonchev–Trinajstić information content (AvgIpc) is 2.77. The van der Waals surface area contributed by atoms with Crippen LogP contribution in [0.15, 0.2) is 51.7 Å². The molecule has 7 nitrogen and oxygen atoms in total. The molecule has 0 bridgehead atoms. The molecule has 1 amide bonds. The minimum absolute atomic E-state index is 0.169. The van der Waals surface area contributed by atoms with Gasteiger partial charge in [-0.2, -0.15) is 0 Å². The third-order valence-corrected chi connectivity index (χ3v) is 5.33. The summed E-state index contributed by atoms with van der Waals surface area (Å²) in [5.41, 5.74) is 0.0515. The van der Waals surface area contributed by atoms with Gasteiger partial charge in [0.1, 0.15) is 11.3 Å². The minimum Gasteiger partial charge on any atom is -0.481 e. The Hall–Kier alpha value is -2.90. The van der Waals surface area contributed by atoms with Crippen LogP contribution in [0.2, 0.25) is 0 Å². The lowest BCUT2D eigenvalue weighted by Gasteiger charge is -2.26. The minimum atomic E-state index is -0.655. The van der Waals surface area contributed by atoms with Gasteiger partial charge < -0.3 is 19.2 Å². The molecule has 0 unspecified atom stereocenters. The molecule has 0 radical (unpaired) electrons. The number of nitrogens with one attached hydrogen (secondary N) is 1. The molecule has 1 aliphatic rings. The fraction of sp³-hybridized carbons (Fsp3) is 0.391. The summed E-state index contributed by atoms with van der Waals surface area (Å²) in [6.07, 6.45) is 0.227. The van der Waals surface area contributed by atoms with Crippen LogP contribution in [0, 0.1) is 0 Å². The van der Waals surface area contributed by atoms with Crippen LogP contribution < -0.4 is 15.7 Å². The molecule has 158 valence electrons. The summed E-state index contributed by atoms with van der Waals surface area (Å²) < 4.78 is 16.6. The molecule has 0 aliphatic carbocycles. The van der Waals surface area contributed by atoms with E-state index in [1.54, 1.807) is 25.1 Å². The van der Waals surface area contributed by atoms with Gasteiger partial charge in [-0.15, -0.1) is 0 Å². The fourth-order valence-corrected chi connectivity index (χ4v) is 3.67. The van der Waals surface area contributed by atoms with Crippen molar-refractivity contribution in [2.75, 3.05) is 39.4 Å². The van der Waals surface area contributed by atoms with Crippen molar-refractivity contribution < 1.29 is 18.7 Å². The van der Waals surface area contributed by atoms with Crippen molar-refractivity contribution in [1.82, 2.24) is 10.2 Å². The van der Waals surface area contributed by atoms with Crippen molar-refractivity contribution in [3.05, 3.63) is 52.9 Å². The number of hydrogen-bond acceptors (Lipinski definition) is 6. The lowest BCUT2D eigenvalue weighted by molar-refractivity contribution is -0.127. The lowest BCUT2D eigenvalue weighted by atomic mass is 10.1. The number of amides is 1. The Bertz CT molecular complexity index is 1090. The number of rotatable bonds is 7. The average molecular weight is 410 g/mol. The van der Waals surface area contributed by atoms with Crippen molar-refractivity contribution in [2.24, 2.45) is 0 Å². The zero-order valence-electron chi connectivity index (χ0n) is 17.1. The van der Waals surface area contributed by atoms with E-state index >= 15 is 0 Å². The molecule has 1 atom stereocenters. The van der Waals surface area contributed by atoms with Crippen LogP contribution in [0.4, 0.5) is 0 Å². The topological polar surface area (TPSA) is 81.0 Å². The maximum atomic E-state index is 12.3. The summed E-state index contributed by atoms with van der Waals surface area (Å²) in [4.78, 5) is 26.9. The summed E-state index contributed by atoms with van der Waals surface area (Å²) in [6, 6.07) is 12.6. The Balaban J connectivity index is 1.35. The predicted molar refractivity (Wildman–Crippen MR) is 115 cm³/mol. The number of benzene rings is 2. The largest absolute Gasteiger partial charge is 0.481 e. The van der Waals surface area contributed by atoms with Gasteiger partial charge in [-0.3, -0.25) is 9.69 Å². The van der Waals surface area contributed by atoms with Crippen molar-refractivity contribution in [3.8, 4) is 5.75 Å². The van der Waals surface area contributed by atoms with Gasteiger partial charge >= 0.3 is 5.63 Å². The van der Waals surface area contributed by atoms with Crippen LogP contribution in [0.1, 0.15) is 13.3 Å². The monoisotopic (exact) mass is 410 g/mol. The molecule has 2 heterocycles. The van der Waals surface area contributed by atoms with E-state index in [9.17, 15) is 9.59 Å². The highest BCUT2D eigenvalue weighted by molar-refractivity contribution is 6.04. The summed E-state index contributed by atoms with van der Waals surface area (Å²) in [5, 5.41) is 5.13. The zero-order chi connectivity index (χ0) is 20.9. The summed E-state index contributed by atoms with van der Waals surface area (Å²) in [6.45, 7) is 6.69. The fourth-order valence-electron chi connectivity index (χ4n) is 3.67. The predicted octanol–water partition coefficient (Wildman–Crippen LogP) is 2.55. The Labute approximate surface area is 174 Å². The summed E-state index contributed by atoms with van der Waals surface area (Å²) in [5.74, 6) is 0.314. The second-order valence-corrected chi connectivity index (χ2v) is 7.45. The number of hydrogen-bond donors (Lipinski definition) is 1. The Morgan fingerprint density at radius 1 is 1.13 bits per heavy atom. The van der Waals surface area contributed by atoms with Crippen molar-refractivity contribution >= 4 is 27.6 Å². The van der Waals surface area contributed by atoms with Gasteiger partial charge in [0, 0.05) is 31.1 Å². The molecule has 0 spiro atoms.